The highest BCUT2D eigenvalue weighted by Crippen LogP contribution is 2.38. The van der Waals surface area contributed by atoms with Crippen LogP contribution in [0.5, 0.6) is 0 Å². The number of nitrogens with one attached hydrogen (secondary N) is 2. The monoisotopic (exact) mass is 302 g/mol. The second-order valence-corrected chi connectivity index (χ2v) is 7.27. The number of hydrogen-bond donors (Lipinski definition) is 2. The van der Waals surface area contributed by atoms with Gasteiger partial charge >= 0.3 is 0 Å². The van der Waals surface area contributed by atoms with Gasteiger partial charge in [0.15, 0.2) is 5.82 Å². The Labute approximate surface area is 119 Å². The van der Waals surface area contributed by atoms with Crippen molar-refractivity contribution < 1.29 is 12.9 Å². The first kappa shape index (κ1) is 15.4. The lowest BCUT2D eigenvalue weighted by atomic mass is 10.3. The van der Waals surface area contributed by atoms with Gasteiger partial charge < -0.3 is 9.84 Å². The standard InChI is InChI=1S/C12H22N4O3S/c1-3-20(17,18)14-8-9(2)13-7-6-11-15-12(16-19-11)10-4-5-10/h9-10,13-14H,3-8H2,1-2H3/t9-/m0/s1. The summed E-state index contributed by atoms with van der Waals surface area (Å²) in [6.07, 6.45) is 2.97. The normalized spacial score (nSPS) is 17.3. The van der Waals surface area contributed by atoms with Gasteiger partial charge in [0.25, 0.3) is 0 Å². The molecule has 0 amide bonds. The quantitative estimate of drug-likeness (QED) is 0.685. The summed E-state index contributed by atoms with van der Waals surface area (Å²) in [7, 11) is -3.12. The number of hydrogen-bond acceptors (Lipinski definition) is 6. The predicted octanol–water partition coefficient (Wildman–Crippen LogP) is 0.407. The summed E-state index contributed by atoms with van der Waals surface area (Å²) < 4.78 is 30.3. The van der Waals surface area contributed by atoms with Crippen molar-refractivity contribution in [1.82, 2.24) is 20.2 Å². The van der Waals surface area contributed by atoms with E-state index in [1.54, 1.807) is 6.92 Å². The molecule has 8 heteroatoms. The smallest absolute Gasteiger partial charge is 0.227 e. The zero-order chi connectivity index (χ0) is 14.6. The highest BCUT2D eigenvalue weighted by molar-refractivity contribution is 7.89. The summed E-state index contributed by atoms with van der Waals surface area (Å²) in [5.74, 6) is 2.07. The van der Waals surface area contributed by atoms with Crippen LogP contribution in [-0.2, 0) is 16.4 Å². The van der Waals surface area contributed by atoms with Crippen LogP contribution in [0.3, 0.4) is 0 Å². The van der Waals surface area contributed by atoms with Gasteiger partial charge in [0.05, 0.1) is 5.75 Å². The van der Waals surface area contributed by atoms with E-state index < -0.39 is 10.0 Å². The molecule has 1 heterocycles. The highest BCUT2D eigenvalue weighted by atomic mass is 32.2. The molecule has 2 N–H and O–H groups in total. The Balaban J connectivity index is 1.64. The van der Waals surface area contributed by atoms with Crippen LogP contribution in [0.2, 0.25) is 0 Å². The molecule has 7 nitrogen and oxygen atoms in total. The third-order valence-corrected chi connectivity index (χ3v) is 4.61. The molecule has 0 bridgehead atoms. The first-order valence-corrected chi connectivity index (χ1v) is 8.68. The largest absolute Gasteiger partial charge is 0.339 e. The third-order valence-electron chi connectivity index (χ3n) is 3.25. The molecule has 114 valence electrons. The van der Waals surface area contributed by atoms with Crippen LogP contribution in [-0.4, -0.2) is 43.4 Å². The number of rotatable bonds is 9. The van der Waals surface area contributed by atoms with E-state index in [9.17, 15) is 8.42 Å². The molecular weight excluding hydrogens is 280 g/mol. The van der Waals surface area contributed by atoms with Crippen LogP contribution in [0.1, 0.15) is 44.3 Å². The van der Waals surface area contributed by atoms with Gasteiger partial charge in [0, 0.05) is 31.5 Å². The second-order valence-electron chi connectivity index (χ2n) is 5.18. The van der Waals surface area contributed by atoms with E-state index >= 15 is 0 Å². The van der Waals surface area contributed by atoms with Crippen LogP contribution in [0.15, 0.2) is 4.52 Å². The number of nitrogens with zero attached hydrogens (tertiary/aromatic N) is 2. The van der Waals surface area contributed by atoms with Crippen LogP contribution >= 0.6 is 0 Å². The van der Waals surface area contributed by atoms with Crippen LogP contribution < -0.4 is 10.0 Å². The lowest BCUT2D eigenvalue weighted by molar-refractivity contribution is 0.368. The fourth-order valence-electron chi connectivity index (χ4n) is 1.73. The molecule has 1 aromatic rings. The Morgan fingerprint density at radius 2 is 2.20 bits per heavy atom. The van der Waals surface area contributed by atoms with Gasteiger partial charge in [-0.2, -0.15) is 4.98 Å². The molecule has 1 atom stereocenters. The topological polar surface area (TPSA) is 97.1 Å². The molecule has 0 unspecified atom stereocenters. The molecule has 0 radical (unpaired) electrons. The van der Waals surface area contributed by atoms with Gasteiger partial charge in [-0.3, -0.25) is 0 Å². The molecule has 0 aromatic carbocycles. The zero-order valence-corrected chi connectivity index (χ0v) is 12.7. The molecule has 1 aromatic heterocycles. The van der Waals surface area contributed by atoms with Gasteiger partial charge in [0.2, 0.25) is 15.9 Å². The molecular formula is C12H22N4O3S. The van der Waals surface area contributed by atoms with E-state index in [1.807, 2.05) is 6.92 Å². The minimum Gasteiger partial charge on any atom is -0.339 e. The number of sulfonamides is 1. The summed E-state index contributed by atoms with van der Waals surface area (Å²) in [4.78, 5) is 4.34. The van der Waals surface area contributed by atoms with Crippen LogP contribution in [0, 0.1) is 0 Å². The Morgan fingerprint density at radius 3 is 2.85 bits per heavy atom. The van der Waals surface area contributed by atoms with Crippen molar-refractivity contribution >= 4 is 10.0 Å². The molecule has 1 saturated carbocycles. The minimum atomic E-state index is -3.12. The lowest BCUT2D eigenvalue weighted by Crippen LogP contribution is -2.40. The molecule has 1 aliphatic rings. The van der Waals surface area contributed by atoms with Crippen molar-refractivity contribution in [1.29, 1.82) is 0 Å². The summed E-state index contributed by atoms with van der Waals surface area (Å²) in [5.41, 5.74) is 0. The fourth-order valence-corrected chi connectivity index (χ4v) is 2.44. The third kappa shape index (κ3) is 4.84. The second kappa shape index (κ2) is 6.64. The van der Waals surface area contributed by atoms with Gasteiger partial charge in [0.1, 0.15) is 0 Å². The predicted molar refractivity (Wildman–Crippen MR) is 74.9 cm³/mol. The first-order valence-electron chi connectivity index (χ1n) is 7.03. The average molecular weight is 302 g/mol. The molecule has 1 aliphatic carbocycles. The van der Waals surface area contributed by atoms with E-state index in [-0.39, 0.29) is 11.8 Å². The van der Waals surface area contributed by atoms with E-state index in [2.05, 4.69) is 20.2 Å². The average Bonchev–Trinajstić information content (AvgIpc) is 3.17. The van der Waals surface area contributed by atoms with E-state index in [1.165, 1.54) is 0 Å². The van der Waals surface area contributed by atoms with Crippen molar-refractivity contribution in [2.75, 3.05) is 18.8 Å². The maximum absolute atomic E-state index is 11.3. The van der Waals surface area contributed by atoms with Crippen molar-refractivity contribution in [3.63, 3.8) is 0 Å². The van der Waals surface area contributed by atoms with E-state index in [4.69, 9.17) is 4.52 Å². The molecule has 0 aliphatic heterocycles. The van der Waals surface area contributed by atoms with E-state index in [0.717, 1.165) is 18.7 Å². The number of aromatic nitrogens is 2. The van der Waals surface area contributed by atoms with Crippen molar-refractivity contribution in [2.24, 2.45) is 0 Å². The molecule has 0 spiro atoms. The van der Waals surface area contributed by atoms with E-state index in [0.29, 0.717) is 31.3 Å². The Kier molecular flexibility index (Phi) is 5.11. The van der Waals surface area contributed by atoms with Gasteiger partial charge in [-0.1, -0.05) is 5.16 Å². The maximum atomic E-state index is 11.3. The summed E-state index contributed by atoms with van der Waals surface area (Å²) in [5, 5.41) is 7.18. The molecule has 20 heavy (non-hydrogen) atoms. The Morgan fingerprint density at radius 1 is 1.45 bits per heavy atom. The summed E-state index contributed by atoms with van der Waals surface area (Å²) in [6.45, 7) is 4.61. The highest BCUT2D eigenvalue weighted by Gasteiger charge is 2.28. The first-order chi connectivity index (χ1) is 9.50. The Hall–Kier alpha value is -0.990. The lowest BCUT2D eigenvalue weighted by Gasteiger charge is -2.13. The van der Waals surface area contributed by atoms with Gasteiger partial charge in [-0.15, -0.1) is 0 Å². The Bertz CT molecular complexity index is 525. The fraction of sp³-hybridized carbons (Fsp3) is 0.833. The summed E-state index contributed by atoms with van der Waals surface area (Å²) in [6, 6.07) is 0.0575. The zero-order valence-electron chi connectivity index (χ0n) is 11.9. The maximum Gasteiger partial charge on any atom is 0.227 e. The van der Waals surface area contributed by atoms with Gasteiger partial charge in [-0.25, -0.2) is 13.1 Å². The summed E-state index contributed by atoms with van der Waals surface area (Å²) >= 11 is 0. The van der Waals surface area contributed by atoms with Crippen molar-refractivity contribution in [3.05, 3.63) is 11.7 Å². The van der Waals surface area contributed by atoms with Crippen LogP contribution in [0.4, 0.5) is 0 Å². The van der Waals surface area contributed by atoms with Crippen molar-refractivity contribution in [2.45, 2.75) is 45.1 Å². The molecule has 2 rings (SSSR count). The van der Waals surface area contributed by atoms with Gasteiger partial charge in [-0.05, 0) is 26.7 Å². The van der Waals surface area contributed by atoms with Crippen LogP contribution in [0.25, 0.3) is 0 Å². The SMILES string of the molecule is CCS(=O)(=O)NC[C@H](C)NCCc1nc(C2CC2)no1. The minimum absolute atomic E-state index is 0.0575. The molecule has 1 fully saturated rings. The molecule has 0 saturated heterocycles. The van der Waals surface area contributed by atoms with Crippen molar-refractivity contribution in [3.8, 4) is 0 Å².